The molecule has 0 aromatic carbocycles. The summed E-state index contributed by atoms with van der Waals surface area (Å²) in [5.41, 5.74) is 8.80. The number of rotatable bonds is 6. The van der Waals surface area contributed by atoms with Crippen LogP contribution in [0.25, 0.3) is 0 Å². The molecule has 2 atom stereocenters. The summed E-state index contributed by atoms with van der Waals surface area (Å²) in [5.74, 6) is 1.10. The summed E-state index contributed by atoms with van der Waals surface area (Å²) in [5, 5.41) is 8.73. The highest BCUT2D eigenvalue weighted by atomic mass is 16.5. The van der Waals surface area contributed by atoms with Crippen LogP contribution in [0.4, 0.5) is 0 Å². The molecular formula is C26H43N5O2. The van der Waals surface area contributed by atoms with Crippen molar-refractivity contribution in [1.82, 2.24) is 20.9 Å². The Morgan fingerprint density at radius 3 is 2.58 bits per heavy atom. The topological polar surface area (TPSA) is 91.7 Å². The standard InChI is InChI=1S/C12H19N.C11H18N4O2.C3H6/c1-11-5-4-6-12(9-11)10-13-7-2-3-8-13;1-2-3-4-17-9-5-7-10(11(12)15-9)14-8(16)6-13-7;1-2-3-1/h4,6,9,11H,2-3,5,7-8,10H2,1H3;5,9,13,15H,2-4,6,12H2,1H3,(H,14,16);1-3H2. The number of ether oxygens (including phenoxy) is 1. The zero-order chi connectivity index (χ0) is 23.5. The molecule has 5 N–H and O–H groups in total. The minimum Gasteiger partial charge on any atom is -0.384 e. The highest BCUT2D eigenvalue weighted by molar-refractivity contribution is 5.83. The Morgan fingerprint density at radius 2 is 1.91 bits per heavy atom. The van der Waals surface area contributed by atoms with Crippen molar-refractivity contribution >= 4 is 5.91 Å². The Balaban J connectivity index is 0.000000168. The van der Waals surface area contributed by atoms with E-state index < -0.39 is 0 Å². The molecule has 5 rings (SSSR count). The van der Waals surface area contributed by atoms with Crippen LogP contribution in [0.2, 0.25) is 0 Å². The summed E-state index contributed by atoms with van der Waals surface area (Å²) in [6.07, 6.45) is 19.3. The fraction of sp³-hybridized carbons (Fsp3) is 0.654. The van der Waals surface area contributed by atoms with E-state index >= 15 is 0 Å². The highest BCUT2D eigenvalue weighted by Crippen LogP contribution is 2.19. The maximum Gasteiger partial charge on any atom is 0.243 e. The molecule has 5 aliphatic rings. The van der Waals surface area contributed by atoms with Gasteiger partial charge in [-0.05, 0) is 56.3 Å². The molecule has 0 aromatic rings. The number of hydrogen-bond acceptors (Lipinski definition) is 6. The van der Waals surface area contributed by atoms with Gasteiger partial charge in [0, 0.05) is 13.2 Å². The summed E-state index contributed by atoms with van der Waals surface area (Å²) in [7, 11) is 0. The van der Waals surface area contributed by atoms with Gasteiger partial charge in [0.1, 0.15) is 17.7 Å². The number of hydrogen-bond donors (Lipinski definition) is 4. The van der Waals surface area contributed by atoms with Gasteiger partial charge in [-0.3, -0.25) is 9.69 Å². The number of carbonyl (C=O) groups is 1. The van der Waals surface area contributed by atoms with Crippen LogP contribution in [0, 0.1) is 5.92 Å². The van der Waals surface area contributed by atoms with Gasteiger partial charge in [-0.15, -0.1) is 0 Å². The summed E-state index contributed by atoms with van der Waals surface area (Å²) in [6.45, 7) is 9.16. The lowest BCUT2D eigenvalue weighted by molar-refractivity contribution is -0.120. The third-order valence-electron chi connectivity index (χ3n) is 5.95. The molecule has 0 aromatic heterocycles. The first-order valence-corrected chi connectivity index (χ1v) is 12.8. The second-order valence-corrected chi connectivity index (χ2v) is 9.46. The summed E-state index contributed by atoms with van der Waals surface area (Å²) < 4.78 is 5.62. The van der Waals surface area contributed by atoms with Gasteiger partial charge in [-0.2, -0.15) is 0 Å². The predicted octanol–water partition coefficient (Wildman–Crippen LogP) is 3.24. The zero-order valence-corrected chi connectivity index (χ0v) is 20.5. The van der Waals surface area contributed by atoms with Gasteiger partial charge in [0.25, 0.3) is 0 Å². The van der Waals surface area contributed by atoms with Crippen LogP contribution in [-0.4, -0.2) is 49.8 Å². The van der Waals surface area contributed by atoms with E-state index in [0.29, 0.717) is 18.1 Å². The molecular weight excluding hydrogens is 414 g/mol. The number of carbonyl (C=O) groups excluding carboxylic acids is 1. The molecule has 3 heterocycles. The van der Waals surface area contributed by atoms with Gasteiger partial charge in [0.15, 0.2) is 0 Å². The van der Waals surface area contributed by atoms with Gasteiger partial charge >= 0.3 is 0 Å². The summed E-state index contributed by atoms with van der Waals surface area (Å²) >= 11 is 0. The van der Waals surface area contributed by atoms with E-state index in [1.54, 1.807) is 0 Å². The quantitative estimate of drug-likeness (QED) is 0.458. The maximum absolute atomic E-state index is 11.2. The number of nitrogens with one attached hydrogen (secondary N) is 3. The lowest BCUT2D eigenvalue weighted by Crippen LogP contribution is -2.49. The summed E-state index contributed by atoms with van der Waals surface area (Å²) in [4.78, 5) is 13.8. The van der Waals surface area contributed by atoms with E-state index in [0.717, 1.165) is 24.5 Å². The minimum atomic E-state index is -0.234. The van der Waals surface area contributed by atoms with Crippen molar-refractivity contribution < 1.29 is 9.53 Å². The SMILES string of the molecule is C1CC1.CC1C=C(CN2CCCC2)C=CC1.CCCCOC1C=C2NCC(=O)NC2=C(N)N1. The van der Waals surface area contributed by atoms with Gasteiger partial charge in [-0.1, -0.05) is 57.8 Å². The number of dihydropyridines is 1. The molecule has 7 nitrogen and oxygen atoms in total. The van der Waals surface area contributed by atoms with Crippen molar-refractivity contribution in [2.24, 2.45) is 11.7 Å². The highest BCUT2D eigenvalue weighted by Gasteiger charge is 2.25. The Labute approximate surface area is 199 Å². The van der Waals surface area contributed by atoms with Crippen molar-refractivity contribution in [2.45, 2.75) is 71.4 Å². The molecule has 3 aliphatic heterocycles. The summed E-state index contributed by atoms with van der Waals surface area (Å²) in [6, 6.07) is 0. The number of unbranched alkanes of at least 4 members (excludes halogenated alkanes) is 1. The van der Waals surface area contributed by atoms with Gasteiger partial charge in [0.05, 0.1) is 12.2 Å². The van der Waals surface area contributed by atoms with Gasteiger partial charge in [-0.25, -0.2) is 0 Å². The molecule has 2 saturated heterocycles. The van der Waals surface area contributed by atoms with Crippen molar-refractivity contribution in [3.8, 4) is 0 Å². The van der Waals surface area contributed by atoms with Crippen LogP contribution in [0.1, 0.15) is 65.2 Å². The molecule has 33 heavy (non-hydrogen) atoms. The normalized spacial score (nSPS) is 25.7. The zero-order valence-electron chi connectivity index (χ0n) is 20.5. The van der Waals surface area contributed by atoms with Crippen molar-refractivity contribution in [1.29, 1.82) is 0 Å². The number of piperazine rings is 1. The number of fused-ring (bicyclic) bond motifs is 1. The molecule has 184 valence electrons. The monoisotopic (exact) mass is 457 g/mol. The van der Waals surface area contributed by atoms with E-state index in [-0.39, 0.29) is 18.7 Å². The minimum absolute atomic E-state index is 0.0905. The smallest absolute Gasteiger partial charge is 0.243 e. The average molecular weight is 458 g/mol. The first-order valence-electron chi connectivity index (χ1n) is 12.8. The number of nitrogens with zero attached hydrogens (tertiary/aromatic N) is 1. The lowest BCUT2D eigenvalue weighted by atomic mass is 9.98. The Bertz CT molecular complexity index is 760. The van der Waals surface area contributed by atoms with Gasteiger partial charge in [0.2, 0.25) is 5.91 Å². The number of amides is 1. The fourth-order valence-corrected chi connectivity index (χ4v) is 3.96. The van der Waals surface area contributed by atoms with E-state index in [1.165, 1.54) is 63.7 Å². The van der Waals surface area contributed by atoms with Crippen molar-refractivity contribution in [3.05, 3.63) is 47.1 Å². The molecule has 2 aliphatic carbocycles. The molecule has 0 bridgehead atoms. The Kier molecular flexibility index (Phi) is 10.3. The Morgan fingerprint density at radius 1 is 1.15 bits per heavy atom. The van der Waals surface area contributed by atoms with Crippen LogP contribution in [0.3, 0.4) is 0 Å². The second-order valence-electron chi connectivity index (χ2n) is 9.46. The molecule has 1 saturated carbocycles. The maximum atomic E-state index is 11.2. The Hall–Kier alpha value is -2.25. The number of nitrogens with two attached hydrogens (primary N) is 1. The first kappa shape index (κ1) is 25.4. The van der Waals surface area contributed by atoms with Crippen LogP contribution >= 0.6 is 0 Å². The van der Waals surface area contributed by atoms with E-state index in [9.17, 15) is 4.79 Å². The second kappa shape index (κ2) is 13.5. The largest absolute Gasteiger partial charge is 0.384 e. The van der Waals surface area contributed by atoms with E-state index in [1.807, 2.05) is 6.08 Å². The lowest BCUT2D eigenvalue weighted by Gasteiger charge is -2.30. The molecule has 0 spiro atoms. The molecule has 7 heteroatoms. The number of allylic oxidation sites excluding steroid dienone is 2. The molecule has 0 radical (unpaired) electrons. The van der Waals surface area contributed by atoms with Crippen LogP contribution in [-0.2, 0) is 9.53 Å². The molecule has 1 amide bonds. The van der Waals surface area contributed by atoms with Crippen LogP contribution in [0.5, 0.6) is 0 Å². The average Bonchev–Trinajstić information content (AvgIpc) is 3.60. The van der Waals surface area contributed by atoms with E-state index in [4.69, 9.17) is 10.5 Å². The van der Waals surface area contributed by atoms with Crippen molar-refractivity contribution in [2.75, 3.05) is 32.8 Å². The fourth-order valence-electron chi connectivity index (χ4n) is 3.96. The third-order valence-corrected chi connectivity index (χ3v) is 5.95. The molecule has 2 unspecified atom stereocenters. The van der Waals surface area contributed by atoms with Crippen molar-refractivity contribution in [3.63, 3.8) is 0 Å². The van der Waals surface area contributed by atoms with Crippen LogP contribution < -0.4 is 21.7 Å². The van der Waals surface area contributed by atoms with E-state index in [2.05, 4.69) is 52.9 Å². The molecule has 3 fully saturated rings. The van der Waals surface area contributed by atoms with Gasteiger partial charge < -0.3 is 26.4 Å². The number of likely N-dealkylation sites (tertiary alicyclic amines) is 1. The first-order chi connectivity index (χ1) is 16.0. The third kappa shape index (κ3) is 9.26. The predicted molar refractivity (Wildman–Crippen MR) is 134 cm³/mol. The van der Waals surface area contributed by atoms with Crippen LogP contribution in [0.15, 0.2) is 47.1 Å².